The van der Waals surface area contributed by atoms with E-state index in [1.165, 1.54) is 0 Å². The summed E-state index contributed by atoms with van der Waals surface area (Å²) in [4.78, 5) is 15.1. The van der Waals surface area contributed by atoms with Crippen molar-refractivity contribution in [3.63, 3.8) is 0 Å². The highest BCUT2D eigenvalue weighted by Crippen LogP contribution is 2.31. The first-order chi connectivity index (χ1) is 12.6. The number of Topliss-reactive ketones (excluding diaryl/α,β-unsaturated/α-hetero) is 1. The Balaban J connectivity index is 1.69. The molecule has 0 atom stereocenters. The quantitative estimate of drug-likeness (QED) is 0.630. The highest BCUT2D eigenvalue weighted by molar-refractivity contribution is 6.11. The molecule has 1 aliphatic rings. The molecule has 3 heteroatoms. The van der Waals surface area contributed by atoms with E-state index in [1.54, 1.807) is 0 Å². The number of para-hydroxylation sites is 2. The van der Waals surface area contributed by atoms with Crippen LogP contribution in [0.1, 0.15) is 28.2 Å². The predicted molar refractivity (Wildman–Crippen MR) is 106 cm³/mol. The Hall–Kier alpha value is -3.07. The molecule has 130 valence electrons. The van der Waals surface area contributed by atoms with Crippen molar-refractivity contribution < 1.29 is 4.79 Å². The number of aryl methyl sites for hydroxylation is 1. The molecule has 1 aromatic heterocycles. The van der Waals surface area contributed by atoms with Crippen LogP contribution in [-0.2, 0) is 6.42 Å². The lowest BCUT2D eigenvalue weighted by atomic mass is 9.92. The third-order valence-corrected chi connectivity index (χ3v) is 4.98. The summed E-state index contributed by atoms with van der Waals surface area (Å²) in [5.41, 5.74) is 6.13. The number of hydrogen-bond donors (Lipinski definition) is 0. The Morgan fingerprint density at radius 2 is 1.62 bits per heavy atom. The molecular formula is C23H22N2O. The molecule has 0 bridgehead atoms. The summed E-state index contributed by atoms with van der Waals surface area (Å²) < 4.78 is 2.21. The van der Waals surface area contributed by atoms with Crippen molar-refractivity contribution in [1.29, 1.82) is 0 Å². The van der Waals surface area contributed by atoms with Crippen LogP contribution in [0.4, 0.5) is 5.69 Å². The zero-order valence-electron chi connectivity index (χ0n) is 15.1. The Labute approximate surface area is 154 Å². The Morgan fingerprint density at radius 1 is 0.962 bits per heavy atom. The van der Waals surface area contributed by atoms with Crippen LogP contribution < -0.4 is 4.90 Å². The summed E-state index contributed by atoms with van der Waals surface area (Å²) in [6.07, 6.45) is 3.62. The normalized spacial score (nSPS) is 15.2. The third-order valence-electron chi connectivity index (χ3n) is 4.98. The van der Waals surface area contributed by atoms with Gasteiger partial charge in [0.2, 0.25) is 0 Å². The van der Waals surface area contributed by atoms with Crippen molar-refractivity contribution in [1.82, 2.24) is 4.57 Å². The molecule has 4 rings (SSSR count). The van der Waals surface area contributed by atoms with E-state index in [0.717, 1.165) is 46.7 Å². The maximum atomic E-state index is 13.1. The van der Waals surface area contributed by atoms with Gasteiger partial charge in [-0.1, -0.05) is 36.4 Å². The number of carbonyl (C=O) groups is 1. The zero-order chi connectivity index (χ0) is 18.1. The van der Waals surface area contributed by atoms with E-state index < -0.39 is 0 Å². The molecule has 1 heterocycles. The van der Waals surface area contributed by atoms with E-state index in [9.17, 15) is 4.79 Å². The summed E-state index contributed by atoms with van der Waals surface area (Å²) in [6.45, 7) is 2.07. The van der Waals surface area contributed by atoms with Crippen LogP contribution in [0, 0.1) is 6.92 Å². The highest BCUT2D eigenvalue weighted by atomic mass is 16.1. The van der Waals surface area contributed by atoms with Gasteiger partial charge in [-0.2, -0.15) is 0 Å². The van der Waals surface area contributed by atoms with Gasteiger partial charge >= 0.3 is 0 Å². The number of hydrogen-bond acceptors (Lipinski definition) is 2. The van der Waals surface area contributed by atoms with Gasteiger partial charge in [0, 0.05) is 47.1 Å². The molecule has 0 saturated heterocycles. The van der Waals surface area contributed by atoms with Crippen molar-refractivity contribution in [2.24, 2.45) is 0 Å². The van der Waals surface area contributed by atoms with Crippen LogP contribution in [0.25, 0.3) is 5.69 Å². The number of carbonyl (C=O) groups excluding carboxylic acids is 1. The van der Waals surface area contributed by atoms with E-state index in [-0.39, 0.29) is 5.78 Å². The Morgan fingerprint density at radius 3 is 2.31 bits per heavy atom. The largest absolute Gasteiger partial charge is 0.351 e. The molecule has 26 heavy (non-hydrogen) atoms. The van der Waals surface area contributed by atoms with Gasteiger partial charge in [-0.25, -0.2) is 0 Å². The van der Waals surface area contributed by atoms with Crippen LogP contribution in [0.15, 0.2) is 78.5 Å². The van der Waals surface area contributed by atoms with E-state index in [4.69, 9.17) is 0 Å². The smallest absolute Gasteiger partial charge is 0.192 e. The van der Waals surface area contributed by atoms with Crippen LogP contribution in [-0.4, -0.2) is 17.4 Å². The van der Waals surface area contributed by atoms with Crippen molar-refractivity contribution in [2.75, 3.05) is 11.9 Å². The molecule has 0 fully saturated rings. The SMILES string of the molecule is Cc1cc2c(n1-c1ccccc1)CC/C(=C\N(C)c1ccccc1)C2=O. The van der Waals surface area contributed by atoms with Crippen molar-refractivity contribution in [3.05, 3.63) is 95.5 Å². The number of anilines is 1. The lowest BCUT2D eigenvalue weighted by Crippen LogP contribution is -2.19. The maximum Gasteiger partial charge on any atom is 0.192 e. The average Bonchev–Trinajstić information content (AvgIpc) is 3.02. The van der Waals surface area contributed by atoms with Gasteiger partial charge in [0.25, 0.3) is 0 Å². The fourth-order valence-electron chi connectivity index (χ4n) is 3.70. The topological polar surface area (TPSA) is 25.2 Å². The number of nitrogens with zero attached hydrogens (tertiary/aromatic N) is 2. The summed E-state index contributed by atoms with van der Waals surface area (Å²) in [7, 11) is 1.99. The highest BCUT2D eigenvalue weighted by Gasteiger charge is 2.27. The van der Waals surface area contributed by atoms with Crippen LogP contribution in [0.5, 0.6) is 0 Å². The predicted octanol–water partition coefficient (Wildman–Crippen LogP) is 4.93. The number of fused-ring (bicyclic) bond motifs is 1. The van der Waals surface area contributed by atoms with Crippen molar-refractivity contribution in [2.45, 2.75) is 19.8 Å². The number of allylic oxidation sites excluding steroid dienone is 1. The maximum absolute atomic E-state index is 13.1. The zero-order valence-corrected chi connectivity index (χ0v) is 15.1. The molecule has 0 aliphatic heterocycles. The molecule has 2 aromatic carbocycles. The van der Waals surface area contributed by atoms with Gasteiger partial charge in [-0.15, -0.1) is 0 Å². The van der Waals surface area contributed by atoms with Crippen LogP contribution >= 0.6 is 0 Å². The molecule has 0 radical (unpaired) electrons. The second-order valence-corrected chi connectivity index (χ2v) is 6.75. The minimum Gasteiger partial charge on any atom is -0.351 e. The Bertz CT molecular complexity index is 968. The third kappa shape index (κ3) is 2.86. The summed E-state index contributed by atoms with van der Waals surface area (Å²) in [5, 5.41) is 0. The molecule has 0 N–H and O–H groups in total. The first kappa shape index (κ1) is 16.4. The van der Waals surface area contributed by atoms with Gasteiger partial charge < -0.3 is 9.47 Å². The first-order valence-corrected chi connectivity index (χ1v) is 8.95. The molecular weight excluding hydrogens is 320 g/mol. The molecule has 0 saturated carbocycles. The van der Waals surface area contributed by atoms with Crippen molar-refractivity contribution in [3.8, 4) is 5.69 Å². The summed E-state index contributed by atoms with van der Waals surface area (Å²) >= 11 is 0. The van der Waals surface area contributed by atoms with Gasteiger partial charge in [0.15, 0.2) is 5.78 Å². The second kappa shape index (κ2) is 6.68. The minimum atomic E-state index is 0.145. The van der Waals surface area contributed by atoms with Crippen molar-refractivity contribution >= 4 is 11.5 Å². The number of benzene rings is 2. The lowest BCUT2D eigenvalue weighted by molar-refractivity contribution is 0.102. The molecule has 3 aromatic rings. The van der Waals surface area contributed by atoms with E-state index in [0.29, 0.717) is 0 Å². The van der Waals surface area contributed by atoms with Gasteiger partial charge in [0.1, 0.15) is 0 Å². The first-order valence-electron chi connectivity index (χ1n) is 8.95. The number of rotatable bonds is 3. The van der Waals surface area contributed by atoms with E-state index >= 15 is 0 Å². The summed E-state index contributed by atoms with van der Waals surface area (Å²) in [6, 6.07) is 22.4. The number of ketones is 1. The average molecular weight is 342 g/mol. The van der Waals surface area contributed by atoms with Crippen LogP contribution in [0.3, 0.4) is 0 Å². The Kier molecular flexibility index (Phi) is 4.21. The second-order valence-electron chi connectivity index (χ2n) is 6.75. The monoisotopic (exact) mass is 342 g/mol. The number of aromatic nitrogens is 1. The molecule has 3 nitrogen and oxygen atoms in total. The fraction of sp³-hybridized carbons (Fsp3) is 0.174. The summed E-state index contributed by atoms with van der Waals surface area (Å²) in [5.74, 6) is 0.145. The van der Waals surface area contributed by atoms with Crippen LogP contribution in [0.2, 0.25) is 0 Å². The minimum absolute atomic E-state index is 0.145. The van der Waals surface area contributed by atoms with E-state index in [1.807, 2.05) is 72.7 Å². The molecule has 0 spiro atoms. The lowest BCUT2D eigenvalue weighted by Gasteiger charge is -2.21. The van der Waals surface area contributed by atoms with Gasteiger partial charge in [-0.3, -0.25) is 4.79 Å². The van der Waals surface area contributed by atoms with Gasteiger partial charge in [0.05, 0.1) is 0 Å². The standard InChI is InChI=1S/C23H22N2O/c1-17-15-21-22(25(17)20-11-7-4-8-12-20)14-13-18(23(21)26)16-24(2)19-9-5-3-6-10-19/h3-12,15-16H,13-14H2,1-2H3/b18-16+. The molecule has 0 unspecified atom stereocenters. The fourth-order valence-corrected chi connectivity index (χ4v) is 3.70. The van der Waals surface area contributed by atoms with Gasteiger partial charge in [-0.05, 0) is 50.1 Å². The molecule has 1 aliphatic carbocycles. The molecule has 0 amide bonds. The van der Waals surface area contributed by atoms with E-state index in [2.05, 4.69) is 23.6 Å².